The van der Waals surface area contributed by atoms with Crippen molar-refractivity contribution in [3.63, 3.8) is 0 Å². The molecule has 6 heteroatoms. The Labute approximate surface area is 74.1 Å². The molecule has 0 atom stereocenters. The summed E-state index contributed by atoms with van der Waals surface area (Å²) in [4.78, 5) is 12.0. The largest absolute Gasteiger partial charge is 0.370 e. The van der Waals surface area contributed by atoms with Gasteiger partial charge in [-0.2, -0.15) is 0 Å². The topological polar surface area (TPSA) is 67.3 Å². The standard InChI is InChI=1S/C6H9N3O2S/c1-7-5-4(11-10)3-8-6(9-5)12-2/h3,10H,1-2H3,(H,7,8,9). The van der Waals surface area contributed by atoms with Crippen LogP contribution in [0, 0.1) is 0 Å². The summed E-state index contributed by atoms with van der Waals surface area (Å²) in [7, 11) is 1.69. The lowest BCUT2D eigenvalue weighted by molar-refractivity contribution is -0.137. The van der Waals surface area contributed by atoms with Gasteiger partial charge in [-0.3, -0.25) is 0 Å². The molecular formula is C6H9N3O2S. The summed E-state index contributed by atoms with van der Waals surface area (Å²) in [5.74, 6) is 0.687. The van der Waals surface area contributed by atoms with E-state index in [4.69, 9.17) is 5.26 Å². The van der Waals surface area contributed by atoms with Gasteiger partial charge >= 0.3 is 0 Å². The van der Waals surface area contributed by atoms with E-state index < -0.39 is 0 Å². The molecule has 1 rings (SSSR count). The van der Waals surface area contributed by atoms with E-state index in [0.29, 0.717) is 11.0 Å². The van der Waals surface area contributed by atoms with Crippen molar-refractivity contribution in [3.05, 3.63) is 6.20 Å². The fraction of sp³-hybridized carbons (Fsp3) is 0.333. The second kappa shape index (κ2) is 4.13. The summed E-state index contributed by atoms with van der Waals surface area (Å²) < 4.78 is 0. The lowest BCUT2D eigenvalue weighted by atomic mass is 10.5. The number of anilines is 1. The van der Waals surface area contributed by atoms with Crippen LogP contribution in [-0.2, 0) is 0 Å². The molecule has 5 nitrogen and oxygen atoms in total. The minimum absolute atomic E-state index is 0.218. The van der Waals surface area contributed by atoms with Gasteiger partial charge in [0.15, 0.2) is 11.0 Å². The summed E-state index contributed by atoms with van der Waals surface area (Å²) in [5, 5.41) is 11.8. The maximum absolute atomic E-state index is 8.39. The number of hydrogen-bond acceptors (Lipinski definition) is 6. The second-order valence-electron chi connectivity index (χ2n) is 1.91. The Balaban J connectivity index is 3.02. The van der Waals surface area contributed by atoms with Gasteiger partial charge in [-0.25, -0.2) is 15.2 Å². The molecule has 0 amide bonds. The summed E-state index contributed by atoms with van der Waals surface area (Å²) in [6, 6.07) is 0. The van der Waals surface area contributed by atoms with Gasteiger partial charge in [0.25, 0.3) is 0 Å². The van der Waals surface area contributed by atoms with Crippen LogP contribution in [0.3, 0.4) is 0 Å². The number of thioether (sulfide) groups is 1. The van der Waals surface area contributed by atoms with Crippen LogP contribution >= 0.6 is 11.8 Å². The third kappa shape index (κ3) is 1.77. The first-order valence-electron chi connectivity index (χ1n) is 3.22. The van der Waals surface area contributed by atoms with E-state index in [0.717, 1.165) is 0 Å². The van der Waals surface area contributed by atoms with Crippen molar-refractivity contribution in [2.45, 2.75) is 5.16 Å². The molecule has 0 saturated heterocycles. The molecule has 0 aromatic carbocycles. The zero-order valence-electron chi connectivity index (χ0n) is 6.74. The van der Waals surface area contributed by atoms with Gasteiger partial charge in [0.2, 0.25) is 5.75 Å². The molecular weight excluding hydrogens is 178 g/mol. The van der Waals surface area contributed by atoms with Crippen LogP contribution in [0.1, 0.15) is 0 Å². The zero-order valence-corrected chi connectivity index (χ0v) is 7.55. The molecule has 0 saturated carbocycles. The molecule has 0 aliphatic rings. The summed E-state index contributed by atoms with van der Waals surface area (Å²) in [5.41, 5.74) is 0. The average molecular weight is 187 g/mol. The van der Waals surface area contributed by atoms with Crippen molar-refractivity contribution in [2.24, 2.45) is 0 Å². The predicted octanol–water partition coefficient (Wildman–Crippen LogP) is 1.09. The monoisotopic (exact) mass is 187 g/mol. The molecule has 0 aliphatic carbocycles. The Morgan fingerprint density at radius 2 is 2.42 bits per heavy atom. The summed E-state index contributed by atoms with van der Waals surface area (Å²) in [6.45, 7) is 0. The molecule has 0 spiro atoms. The quantitative estimate of drug-likeness (QED) is 0.319. The van der Waals surface area contributed by atoms with E-state index in [2.05, 4.69) is 20.2 Å². The van der Waals surface area contributed by atoms with Gasteiger partial charge in [0.05, 0.1) is 6.20 Å². The Morgan fingerprint density at radius 1 is 1.67 bits per heavy atom. The number of aromatic nitrogens is 2. The number of rotatable bonds is 3. The first-order valence-corrected chi connectivity index (χ1v) is 4.44. The van der Waals surface area contributed by atoms with Crippen LogP contribution in [0.25, 0.3) is 0 Å². The highest BCUT2D eigenvalue weighted by Gasteiger charge is 2.05. The Hall–Kier alpha value is -1.01. The first-order chi connectivity index (χ1) is 5.81. The van der Waals surface area contributed by atoms with E-state index in [1.165, 1.54) is 18.0 Å². The lowest BCUT2D eigenvalue weighted by Gasteiger charge is -2.04. The van der Waals surface area contributed by atoms with Crippen LogP contribution in [0.4, 0.5) is 5.82 Å². The van der Waals surface area contributed by atoms with E-state index in [1.807, 2.05) is 6.26 Å². The van der Waals surface area contributed by atoms with Crippen LogP contribution in [0.2, 0.25) is 0 Å². The van der Waals surface area contributed by atoms with Gasteiger partial charge in [0.1, 0.15) is 0 Å². The molecule has 1 aromatic heterocycles. The minimum atomic E-state index is 0.218. The van der Waals surface area contributed by atoms with Crippen molar-refractivity contribution in [1.29, 1.82) is 0 Å². The SMILES string of the molecule is CNc1nc(SC)ncc1OO. The zero-order chi connectivity index (χ0) is 8.97. The highest BCUT2D eigenvalue weighted by Crippen LogP contribution is 2.21. The van der Waals surface area contributed by atoms with Crippen molar-refractivity contribution >= 4 is 17.6 Å². The van der Waals surface area contributed by atoms with Crippen LogP contribution < -0.4 is 10.2 Å². The van der Waals surface area contributed by atoms with Gasteiger partial charge in [0, 0.05) is 7.05 Å². The smallest absolute Gasteiger partial charge is 0.225 e. The first kappa shape index (κ1) is 9.08. The molecule has 0 bridgehead atoms. The van der Waals surface area contributed by atoms with Crippen LogP contribution in [0.5, 0.6) is 5.75 Å². The minimum Gasteiger partial charge on any atom is -0.370 e. The predicted molar refractivity (Wildman–Crippen MR) is 46.6 cm³/mol. The van der Waals surface area contributed by atoms with Crippen LogP contribution in [-0.4, -0.2) is 28.5 Å². The Kier molecular flexibility index (Phi) is 3.12. The molecule has 66 valence electrons. The maximum atomic E-state index is 8.39. The molecule has 12 heavy (non-hydrogen) atoms. The van der Waals surface area contributed by atoms with Gasteiger partial charge in [-0.1, -0.05) is 11.8 Å². The Bertz CT molecular complexity index is 269. The molecule has 0 radical (unpaired) electrons. The van der Waals surface area contributed by atoms with Gasteiger partial charge < -0.3 is 10.2 Å². The number of hydrogen-bond donors (Lipinski definition) is 2. The van der Waals surface area contributed by atoms with Crippen LogP contribution in [0.15, 0.2) is 11.4 Å². The fourth-order valence-electron chi connectivity index (χ4n) is 0.699. The molecule has 0 fully saturated rings. The molecule has 0 aliphatic heterocycles. The van der Waals surface area contributed by atoms with Gasteiger partial charge in [-0.05, 0) is 6.26 Å². The lowest BCUT2D eigenvalue weighted by Crippen LogP contribution is -1.99. The third-order valence-electron chi connectivity index (χ3n) is 1.25. The molecule has 1 aromatic rings. The highest BCUT2D eigenvalue weighted by atomic mass is 32.2. The summed E-state index contributed by atoms with van der Waals surface area (Å²) in [6.07, 6.45) is 3.28. The van der Waals surface area contributed by atoms with Crippen molar-refractivity contribution in [1.82, 2.24) is 9.97 Å². The maximum Gasteiger partial charge on any atom is 0.225 e. The van der Waals surface area contributed by atoms with Crippen molar-refractivity contribution in [2.75, 3.05) is 18.6 Å². The molecule has 1 heterocycles. The Morgan fingerprint density at radius 3 is 2.92 bits per heavy atom. The summed E-state index contributed by atoms with van der Waals surface area (Å²) >= 11 is 1.42. The molecule has 2 N–H and O–H groups in total. The van der Waals surface area contributed by atoms with E-state index in [1.54, 1.807) is 7.05 Å². The third-order valence-corrected chi connectivity index (χ3v) is 1.81. The van der Waals surface area contributed by atoms with Crippen molar-refractivity contribution < 1.29 is 10.1 Å². The number of nitrogens with one attached hydrogen (secondary N) is 1. The fourth-order valence-corrected chi connectivity index (χ4v) is 1.04. The van der Waals surface area contributed by atoms with E-state index >= 15 is 0 Å². The van der Waals surface area contributed by atoms with E-state index in [9.17, 15) is 0 Å². The molecule has 0 unspecified atom stereocenters. The van der Waals surface area contributed by atoms with Crippen molar-refractivity contribution in [3.8, 4) is 5.75 Å². The highest BCUT2D eigenvalue weighted by molar-refractivity contribution is 7.98. The van der Waals surface area contributed by atoms with Gasteiger partial charge in [-0.15, -0.1) is 0 Å². The van der Waals surface area contributed by atoms with E-state index in [-0.39, 0.29) is 5.75 Å². The number of nitrogens with zero attached hydrogens (tertiary/aromatic N) is 2. The second-order valence-corrected chi connectivity index (χ2v) is 2.68. The normalized spacial score (nSPS) is 9.58. The average Bonchev–Trinajstić information content (AvgIpc) is 2.16.